The summed E-state index contributed by atoms with van der Waals surface area (Å²) in [6.45, 7) is 3.51. The van der Waals surface area contributed by atoms with Crippen molar-refractivity contribution < 1.29 is 9.53 Å². The van der Waals surface area contributed by atoms with Gasteiger partial charge < -0.3 is 10.1 Å². The first-order valence-electron chi connectivity index (χ1n) is 6.55. The number of aryl methyl sites for hydroxylation is 1. The van der Waals surface area contributed by atoms with E-state index >= 15 is 0 Å². The van der Waals surface area contributed by atoms with Crippen LogP contribution < -0.4 is 10.1 Å². The molecule has 1 N–H and O–H groups in total. The van der Waals surface area contributed by atoms with Crippen LogP contribution in [0.5, 0.6) is 5.75 Å². The van der Waals surface area contributed by atoms with Crippen LogP contribution in [0.4, 0.5) is 5.69 Å². The van der Waals surface area contributed by atoms with E-state index in [0.717, 1.165) is 5.56 Å². The maximum atomic E-state index is 12.2. The molecule has 0 heterocycles. The van der Waals surface area contributed by atoms with E-state index in [1.165, 1.54) is 0 Å². The highest BCUT2D eigenvalue weighted by Crippen LogP contribution is 2.28. The molecule has 0 aliphatic heterocycles. The Morgan fingerprint density at radius 2 is 1.73 bits per heavy atom. The molecule has 6 heteroatoms. The van der Waals surface area contributed by atoms with Crippen LogP contribution in [-0.4, -0.2) is 12.0 Å². The Hall–Kier alpha value is -1.42. The fraction of sp³-hybridized carbons (Fsp3) is 0.188. The molecule has 1 atom stereocenters. The molecule has 0 aliphatic carbocycles. The van der Waals surface area contributed by atoms with Crippen LogP contribution in [0, 0.1) is 6.92 Å². The summed E-state index contributed by atoms with van der Waals surface area (Å²) < 4.78 is 5.57. The van der Waals surface area contributed by atoms with Gasteiger partial charge in [0.25, 0.3) is 5.91 Å². The third-order valence-electron chi connectivity index (χ3n) is 3.01. The molecule has 3 nitrogen and oxygen atoms in total. The van der Waals surface area contributed by atoms with Gasteiger partial charge in [-0.1, -0.05) is 34.8 Å². The monoisotopic (exact) mass is 357 g/mol. The van der Waals surface area contributed by atoms with Crippen LogP contribution >= 0.6 is 34.8 Å². The number of nitrogens with one attached hydrogen (secondary N) is 1. The molecule has 2 rings (SSSR count). The lowest BCUT2D eigenvalue weighted by Gasteiger charge is -2.16. The molecule has 2 aromatic carbocycles. The second-order valence-corrected chi connectivity index (χ2v) is 6.06. The Kier molecular flexibility index (Phi) is 5.57. The average molecular weight is 359 g/mol. The van der Waals surface area contributed by atoms with E-state index in [-0.39, 0.29) is 5.91 Å². The average Bonchev–Trinajstić information content (AvgIpc) is 2.44. The fourth-order valence-corrected chi connectivity index (χ4v) is 2.50. The number of anilines is 1. The third-order valence-corrected chi connectivity index (χ3v) is 3.78. The van der Waals surface area contributed by atoms with Gasteiger partial charge in [0, 0.05) is 15.7 Å². The van der Waals surface area contributed by atoms with E-state index in [9.17, 15) is 4.79 Å². The summed E-state index contributed by atoms with van der Waals surface area (Å²) in [6.07, 6.45) is -0.714. The fourth-order valence-electron chi connectivity index (χ4n) is 1.82. The van der Waals surface area contributed by atoms with Crippen LogP contribution in [0.2, 0.25) is 15.1 Å². The number of hydrogen-bond acceptors (Lipinski definition) is 2. The van der Waals surface area contributed by atoms with Gasteiger partial charge in [-0.3, -0.25) is 4.79 Å². The van der Waals surface area contributed by atoms with Gasteiger partial charge in [0.05, 0.1) is 5.02 Å². The molecular formula is C16H14Cl3NO2. The van der Waals surface area contributed by atoms with Crippen molar-refractivity contribution >= 4 is 46.4 Å². The first kappa shape index (κ1) is 16.9. The van der Waals surface area contributed by atoms with Crippen LogP contribution in [-0.2, 0) is 4.79 Å². The van der Waals surface area contributed by atoms with E-state index in [2.05, 4.69) is 5.32 Å². The van der Waals surface area contributed by atoms with Crippen LogP contribution in [0.1, 0.15) is 12.5 Å². The number of ether oxygens (including phenoxy) is 1. The van der Waals surface area contributed by atoms with E-state index < -0.39 is 6.10 Å². The molecule has 0 saturated heterocycles. The summed E-state index contributed by atoms with van der Waals surface area (Å²) in [5.74, 6) is 0.123. The number of benzene rings is 2. The van der Waals surface area contributed by atoms with Gasteiger partial charge in [-0.25, -0.2) is 0 Å². The highest BCUT2D eigenvalue weighted by atomic mass is 35.5. The van der Waals surface area contributed by atoms with Crippen molar-refractivity contribution in [3.05, 3.63) is 57.0 Å². The minimum absolute atomic E-state index is 0.281. The zero-order chi connectivity index (χ0) is 16.3. The third kappa shape index (κ3) is 4.29. The lowest BCUT2D eigenvalue weighted by Crippen LogP contribution is -2.30. The summed E-state index contributed by atoms with van der Waals surface area (Å²) in [7, 11) is 0. The number of hydrogen-bond donors (Lipinski definition) is 1. The first-order valence-corrected chi connectivity index (χ1v) is 7.69. The minimum Gasteiger partial charge on any atom is -0.479 e. The van der Waals surface area contributed by atoms with Crippen molar-refractivity contribution in [3.8, 4) is 5.75 Å². The quantitative estimate of drug-likeness (QED) is 0.799. The highest BCUT2D eigenvalue weighted by molar-refractivity contribution is 6.35. The molecule has 2 aromatic rings. The first-order chi connectivity index (χ1) is 10.4. The van der Waals surface area contributed by atoms with E-state index in [4.69, 9.17) is 39.5 Å². The number of amides is 1. The van der Waals surface area contributed by atoms with Gasteiger partial charge in [-0.2, -0.15) is 0 Å². The summed E-state index contributed by atoms with van der Waals surface area (Å²) in [6, 6.07) is 10.1. The summed E-state index contributed by atoms with van der Waals surface area (Å²) in [5.41, 5.74) is 1.56. The molecule has 116 valence electrons. The van der Waals surface area contributed by atoms with E-state index in [1.807, 2.05) is 6.92 Å². The second-order valence-electron chi connectivity index (χ2n) is 4.78. The van der Waals surface area contributed by atoms with Crippen molar-refractivity contribution in [2.45, 2.75) is 20.0 Å². The molecule has 0 radical (unpaired) electrons. The Morgan fingerprint density at radius 1 is 1.09 bits per heavy atom. The predicted octanol–water partition coefficient (Wildman–Crippen LogP) is 5.36. The maximum absolute atomic E-state index is 12.2. The zero-order valence-electron chi connectivity index (χ0n) is 12.0. The van der Waals surface area contributed by atoms with Crippen molar-refractivity contribution in [3.63, 3.8) is 0 Å². The molecule has 0 aromatic heterocycles. The maximum Gasteiger partial charge on any atom is 0.265 e. The SMILES string of the molecule is Cc1cc(Cl)ccc1NC(=O)[C@H](C)Oc1ccc(Cl)cc1Cl. The Labute approximate surface area is 144 Å². The molecule has 0 fully saturated rings. The zero-order valence-corrected chi connectivity index (χ0v) is 14.3. The molecule has 0 bridgehead atoms. The smallest absolute Gasteiger partial charge is 0.265 e. The van der Waals surface area contributed by atoms with E-state index in [0.29, 0.717) is 26.5 Å². The highest BCUT2D eigenvalue weighted by Gasteiger charge is 2.17. The van der Waals surface area contributed by atoms with Crippen LogP contribution in [0.3, 0.4) is 0 Å². The molecule has 0 unspecified atom stereocenters. The Morgan fingerprint density at radius 3 is 2.36 bits per heavy atom. The Bertz CT molecular complexity index is 704. The molecule has 22 heavy (non-hydrogen) atoms. The summed E-state index contributed by atoms with van der Waals surface area (Å²) in [4.78, 5) is 12.2. The lowest BCUT2D eigenvalue weighted by atomic mass is 10.2. The largest absolute Gasteiger partial charge is 0.479 e. The number of carbonyl (C=O) groups is 1. The molecule has 0 saturated carbocycles. The van der Waals surface area contributed by atoms with Crippen LogP contribution in [0.15, 0.2) is 36.4 Å². The molecule has 0 spiro atoms. The van der Waals surface area contributed by atoms with Crippen molar-refractivity contribution in [1.82, 2.24) is 0 Å². The molecule has 1 amide bonds. The predicted molar refractivity (Wildman–Crippen MR) is 91.4 cm³/mol. The summed E-state index contributed by atoms with van der Waals surface area (Å²) in [5, 5.41) is 4.28. The van der Waals surface area contributed by atoms with Crippen molar-refractivity contribution in [1.29, 1.82) is 0 Å². The van der Waals surface area contributed by atoms with Gasteiger partial charge in [0.15, 0.2) is 6.10 Å². The lowest BCUT2D eigenvalue weighted by molar-refractivity contribution is -0.122. The Balaban J connectivity index is 2.05. The van der Waals surface area contributed by atoms with Gasteiger partial charge >= 0.3 is 0 Å². The standard InChI is InChI=1S/C16H14Cl3NO2/c1-9-7-11(17)3-5-14(9)20-16(21)10(2)22-15-6-4-12(18)8-13(15)19/h3-8,10H,1-2H3,(H,20,21)/t10-/m0/s1. The van der Waals surface area contributed by atoms with Crippen molar-refractivity contribution in [2.75, 3.05) is 5.32 Å². The second kappa shape index (κ2) is 7.23. The van der Waals surface area contributed by atoms with Gasteiger partial charge in [-0.15, -0.1) is 0 Å². The number of rotatable bonds is 4. The topological polar surface area (TPSA) is 38.3 Å². The van der Waals surface area contributed by atoms with Gasteiger partial charge in [0.1, 0.15) is 5.75 Å². The van der Waals surface area contributed by atoms with Gasteiger partial charge in [0.2, 0.25) is 0 Å². The van der Waals surface area contributed by atoms with Crippen molar-refractivity contribution in [2.24, 2.45) is 0 Å². The van der Waals surface area contributed by atoms with Gasteiger partial charge in [-0.05, 0) is 55.8 Å². The molecular weight excluding hydrogens is 345 g/mol. The normalized spacial score (nSPS) is 11.9. The molecule has 0 aliphatic rings. The minimum atomic E-state index is -0.714. The van der Waals surface area contributed by atoms with E-state index in [1.54, 1.807) is 43.3 Å². The summed E-state index contributed by atoms with van der Waals surface area (Å²) >= 11 is 17.7. The van der Waals surface area contributed by atoms with Crippen LogP contribution in [0.25, 0.3) is 0 Å². The number of halogens is 3. The number of carbonyl (C=O) groups excluding carboxylic acids is 1.